The smallest absolute Gasteiger partial charge is 0.140 e. The average molecular weight is 280 g/mol. The number of nitrogens with one attached hydrogen (secondary N) is 1. The number of fused-ring (bicyclic) bond motifs is 1. The molecule has 4 nitrogen and oxygen atoms in total. The summed E-state index contributed by atoms with van der Waals surface area (Å²) in [4.78, 5) is 5.07. The van der Waals surface area contributed by atoms with Crippen LogP contribution in [0.1, 0.15) is 65.2 Å². The molecule has 0 saturated carbocycles. The van der Waals surface area contributed by atoms with Crippen LogP contribution in [-0.4, -0.2) is 48.0 Å². The zero-order chi connectivity index (χ0) is 14.2. The van der Waals surface area contributed by atoms with Crippen molar-refractivity contribution in [2.24, 2.45) is 5.10 Å². The minimum atomic E-state index is 0.776. The maximum Gasteiger partial charge on any atom is 0.140 e. The first-order valence-electron chi connectivity index (χ1n) is 8.63. The molecular weight excluding hydrogens is 248 g/mol. The molecule has 0 atom stereocenters. The van der Waals surface area contributed by atoms with Crippen LogP contribution in [0.2, 0.25) is 0 Å². The number of hydrazone groups is 1. The normalized spacial score (nSPS) is 19.1. The Kier molecular flexibility index (Phi) is 6.64. The summed E-state index contributed by atoms with van der Waals surface area (Å²) in [5.41, 5.74) is 3.12. The van der Waals surface area contributed by atoms with Gasteiger partial charge in [-0.25, -0.2) is 0 Å². The van der Waals surface area contributed by atoms with Crippen molar-refractivity contribution in [3.8, 4) is 0 Å². The van der Waals surface area contributed by atoms with E-state index in [0.29, 0.717) is 0 Å². The zero-order valence-electron chi connectivity index (χ0n) is 13.4. The van der Waals surface area contributed by atoms with Crippen LogP contribution in [0.3, 0.4) is 0 Å². The van der Waals surface area contributed by atoms with Crippen molar-refractivity contribution in [2.45, 2.75) is 71.3 Å². The summed E-state index contributed by atoms with van der Waals surface area (Å²) >= 11 is 0. The minimum Gasteiger partial charge on any atom is -0.337 e. The van der Waals surface area contributed by atoms with Crippen LogP contribution in [0.5, 0.6) is 0 Å². The number of nitrogens with zero attached hydrogens (tertiary/aromatic N) is 3. The van der Waals surface area contributed by atoms with Crippen LogP contribution >= 0.6 is 0 Å². The van der Waals surface area contributed by atoms with Gasteiger partial charge in [0.2, 0.25) is 0 Å². The first-order chi connectivity index (χ1) is 9.85. The van der Waals surface area contributed by atoms with Crippen molar-refractivity contribution in [3.05, 3.63) is 0 Å². The van der Waals surface area contributed by atoms with Crippen molar-refractivity contribution in [2.75, 3.05) is 26.3 Å². The molecule has 1 fully saturated rings. The fourth-order valence-electron chi connectivity index (χ4n) is 3.31. The number of rotatable bonds is 9. The summed E-state index contributed by atoms with van der Waals surface area (Å²) in [5, 5.41) is 4.43. The molecule has 1 saturated heterocycles. The van der Waals surface area contributed by atoms with Gasteiger partial charge < -0.3 is 4.90 Å². The standard InChI is InChI=1S/C16H32N4/c1-3-5-7-9-15(10-8-6-4-2)19-11-12-20-14-17-18-16(20)13-19/h15,17H,3-14H2,1-2H3. The Morgan fingerprint density at radius 2 is 1.75 bits per heavy atom. The third-order valence-corrected chi connectivity index (χ3v) is 4.63. The summed E-state index contributed by atoms with van der Waals surface area (Å²) in [6, 6.07) is 0.776. The van der Waals surface area contributed by atoms with Gasteiger partial charge in [-0.05, 0) is 12.8 Å². The van der Waals surface area contributed by atoms with Crippen molar-refractivity contribution in [1.82, 2.24) is 15.2 Å². The molecule has 0 aliphatic carbocycles. The Labute approximate surface area is 124 Å². The van der Waals surface area contributed by atoms with Crippen molar-refractivity contribution < 1.29 is 0 Å². The van der Waals surface area contributed by atoms with Crippen LogP contribution in [-0.2, 0) is 0 Å². The highest BCUT2D eigenvalue weighted by molar-refractivity contribution is 5.85. The number of hydrogen-bond donors (Lipinski definition) is 1. The monoisotopic (exact) mass is 280 g/mol. The fourth-order valence-corrected chi connectivity index (χ4v) is 3.31. The molecular formula is C16H32N4. The van der Waals surface area contributed by atoms with Gasteiger partial charge >= 0.3 is 0 Å². The summed E-state index contributed by atoms with van der Waals surface area (Å²) in [6.45, 7) is 8.91. The third kappa shape index (κ3) is 4.37. The van der Waals surface area contributed by atoms with Crippen molar-refractivity contribution in [3.63, 3.8) is 0 Å². The largest absolute Gasteiger partial charge is 0.337 e. The predicted molar refractivity (Wildman–Crippen MR) is 85.8 cm³/mol. The molecule has 0 radical (unpaired) electrons. The van der Waals surface area contributed by atoms with Gasteiger partial charge in [0, 0.05) is 19.1 Å². The summed E-state index contributed by atoms with van der Waals surface area (Å²) in [5.74, 6) is 1.26. The Bertz CT molecular complexity index is 293. The number of unbranched alkanes of at least 4 members (excludes halogenated alkanes) is 4. The van der Waals surface area contributed by atoms with Crippen molar-refractivity contribution >= 4 is 5.84 Å². The van der Waals surface area contributed by atoms with E-state index < -0.39 is 0 Å². The molecule has 0 aromatic heterocycles. The van der Waals surface area contributed by atoms with Gasteiger partial charge in [-0.15, -0.1) is 0 Å². The lowest BCUT2D eigenvalue weighted by atomic mass is 9.99. The molecule has 0 spiro atoms. The highest BCUT2D eigenvalue weighted by atomic mass is 15.5. The molecule has 0 unspecified atom stereocenters. The molecule has 2 rings (SSSR count). The highest BCUT2D eigenvalue weighted by Crippen LogP contribution is 2.20. The van der Waals surface area contributed by atoms with E-state index in [1.54, 1.807) is 0 Å². The number of amidine groups is 1. The topological polar surface area (TPSA) is 30.9 Å². The van der Waals surface area contributed by atoms with Gasteiger partial charge in [0.25, 0.3) is 0 Å². The van der Waals surface area contributed by atoms with Gasteiger partial charge in [0.05, 0.1) is 6.54 Å². The zero-order valence-corrected chi connectivity index (χ0v) is 13.4. The van der Waals surface area contributed by atoms with Gasteiger partial charge in [0.1, 0.15) is 12.5 Å². The number of piperazine rings is 1. The van der Waals surface area contributed by atoms with Crippen LogP contribution < -0.4 is 5.43 Å². The van der Waals surface area contributed by atoms with Gasteiger partial charge in [0.15, 0.2) is 0 Å². The third-order valence-electron chi connectivity index (χ3n) is 4.63. The lowest BCUT2D eigenvalue weighted by molar-refractivity contribution is 0.157. The molecule has 0 bridgehead atoms. The molecule has 116 valence electrons. The second-order valence-corrected chi connectivity index (χ2v) is 6.22. The van der Waals surface area contributed by atoms with Crippen molar-refractivity contribution in [1.29, 1.82) is 0 Å². The molecule has 20 heavy (non-hydrogen) atoms. The van der Waals surface area contributed by atoms with Gasteiger partial charge in [-0.3, -0.25) is 10.3 Å². The van der Waals surface area contributed by atoms with E-state index in [0.717, 1.165) is 25.8 Å². The average Bonchev–Trinajstić information content (AvgIpc) is 2.93. The Balaban J connectivity index is 1.83. The molecule has 2 aliphatic heterocycles. The van der Waals surface area contributed by atoms with E-state index in [9.17, 15) is 0 Å². The van der Waals surface area contributed by atoms with Gasteiger partial charge in [-0.2, -0.15) is 5.10 Å². The SMILES string of the molecule is CCCCCC(CCCCC)N1CCN2CNN=C2C1. The first-order valence-corrected chi connectivity index (χ1v) is 8.63. The van der Waals surface area contributed by atoms with E-state index in [1.165, 1.54) is 63.7 Å². The highest BCUT2D eigenvalue weighted by Gasteiger charge is 2.29. The van der Waals surface area contributed by atoms with Crippen LogP contribution in [0.4, 0.5) is 0 Å². The Morgan fingerprint density at radius 3 is 2.40 bits per heavy atom. The molecule has 4 heteroatoms. The van der Waals surface area contributed by atoms with E-state index in [1.807, 2.05) is 0 Å². The second kappa shape index (κ2) is 8.50. The lowest BCUT2D eigenvalue weighted by Gasteiger charge is -2.38. The molecule has 2 aliphatic rings. The summed E-state index contributed by atoms with van der Waals surface area (Å²) in [7, 11) is 0. The van der Waals surface area contributed by atoms with Gasteiger partial charge in [-0.1, -0.05) is 52.4 Å². The van der Waals surface area contributed by atoms with Crippen LogP contribution in [0, 0.1) is 0 Å². The number of hydrogen-bond acceptors (Lipinski definition) is 4. The molecule has 2 heterocycles. The van der Waals surface area contributed by atoms with Crippen LogP contribution in [0.25, 0.3) is 0 Å². The van der Waals surface area contributed by atoms with E-state index in [4.69, 9.17) is 0 Å². The fraction of sp³-hybridized carbons (Fsp3) is 0.938. The lowest BCUT2D eigenvalue weighted by Crippen LogP contribution is -2.52. The second-order valence-electron chi connectivity index (χ2n) is 6.22. The summed E-state index contributed by atoms with van der Waals surface area (Å²) in [6.07, 6.45) is 10.9. The molecule has 0 aromatic rings. The van der Waals surface area contributed by atoms with Crippen LogP contribution in [0.15, 0.2) is 5.10 Å². The minimum absolute atomic E-state index is 0.776. The Hall–Kier alpha value is -0.770. The van der Waals surface area contributed by atoms with E-state index in [2.05, 4.69) is 34.2 Å². The maximum atomic E-state index is 4.43. The molecule has 0 aromatic carbocycles. The molecule has 0 amide bonds. The van der Waals surface area contributed by atoms with E-state index >= 15 is 0 Å². The first kappa shape index (κ1) is 15.6. The molecule has 1 N–H and O–H groups in total. The summed E-state index contributed by atoms with van der Waals surface area (Å²) < 4.78 is 0. The Morgan fingerprint density at radius 1 is 1.05 bits per heavy atom. The maximum absolute atomic E-state index is 4.43. The predicted octanol–water partition coefficient (Wildman–Crippen LogP) is 3.01. The van der Waals surface area contributed by atoms with E-state index in [-0.39, 0.29) is 0 Å². The quantitative estimate of drug-likeness (QED) is 0.659.